The van der Waals surface area contributed by atoms with Crippen LogP contribution in [0.5, 0.6) is 0 Å². The molecule has 0 saturated heterocycles. The van der Waals surface area contributed by atoms with Crippen LogP contribution >= 0.6 is 15.9 Å². The van der Waals surface area contributed by atoms with Crippen molar-refractivity contribution in [2.75, 3.05) is 0 Å². The van der Waals surface area contributed by atoms with Gasteiger partial charge in [-0.1, -0.05) is 0 Å². The van der Waals surface area contributed by atoms with Crippen LogP contribution in [0.25, 0.3) is 0 Å². The fraction of sp³-hybridized carbons (Fsp3) is 0.462. The Morgan fingerprint density at radius 3 is 2.52 bits per heavy atom. The highest BCUT2D eigenvalue weighted by Crippen LogP contribution is 2.19. The van der Waals surface area contributed by atoms with E-state index in [1.54, 1.807) is 16.8 Å². The predicted octanol–water partition coefficient (Wildman–Crippen LogP) is 1.28. The zero-order chi connectivity index (χ0) is 16.2. The number of amides is 2. The van der Waals surface area contributed by atoms with Gasteiger partial charge in [-0.25, -0.2) is 4.79 Å². The lowest BCUT2D eigenvalue weighted by atomic mass is 10.1. The molecule has 0 spiro atoms. The van der Waals surface area contributed by atoms with Crippen LogP contribution in [0.15, 0.2) is 16.7 Å². The number of aliphatic carboxylic acids is 1. The fourth-order valence-corrected chi connectivity index (χ4v) is 2.27. The second kappa shape index (κ2) is 7.26. The van der Waals surface area contributed by atoms with Crippen molar-refractivity contribution in [2.45, 2.75) is 38.8 Å². The van der Waals surface area contributed by atoms with Crippen LogP contribution in [0, 0.1) is 0 Å². The number of hydrogen-bond acceptors (Lipinski definition) is 3. The SMILES string of the molecule is CC(C)n1cc(Br)cc1C(=O)N[C@H](CCC(N)=O)C(=O)O. The minimum atomic E-state index is -1.20. The molecule has 0 aliphatic rings. The third-order valence-corrected chi connectivity index (χ3v) is 3.32. The van der Waals surface area contributed by atoms with Crippen molar-refractivity contribution >= 4 is 33.7 Å². The van der Waals surface area contributed by atoms with Crippen molar-refractivity contribution in [1.29, 1.82) is 0 Å². The molecular weight excluding hydrogens is 342 g/mol. The maximum Gasteiger partial charge on any atom is 0.326 e. The minimum Gasteiger partial charge on any atom is -0.480 e. The van der Waals surface area contributed by atoms with Gasteiger partial charge in [0.25, 0.3) is 5.91 Å². The van der Waals surface area contributed by atoms with E-state index in [0.29, 0.717) is 5.69 Å². The predicted molar refractivity (Wildman–Crippen MR) is 79.8 cm³/mol. The van der Waals surface area contributed by atoms with Crippen molar-refractivity contribution in [1.82, 2.24) is 9.88 Å². The molecule has 1 heterocycles. The van der Waals surface area contributed by atoms with Gasteiger partial charge in [0.2, 0.25) is 5.91 Å². The Morgan fingerprint density at radius 1 is 1.43 bits per heavy atom. The molecule has 0 unspecified atom stereocenters. The summed E-state index contributed by atoms with van der Waals surface area (Å²) >= 11 is 3.29. The van der Waals surface area contributed by atoms with E-state index in [2.05, 4.69) is 21.2 Å². The van der Waals surface area contributed by atoms with Crippen molar-refractivity contribution in [3.63, 3.8) is 0 Å². The first-order valence-electron chi connectivity index (χ1n) is 6.41. The number of carbonyl (C=O) groups is 3. The van der Waals surface area contributed by atoms with Crippen molar-refractivity contribution in [2.24, 2.45) is 5.73 Å². The maximum absolute atomic E-state index is 12.2. The molecule has 0 bridgehead atoms. The molecule has 0 fully saturated rings. The molecule has 116 valence electrons. The Hall–Kier alpha value is -1.83. The second-order valence-corrected chi connectivity index (χ2v) is 5.83. The number of nitrogens with one attached hydrogen (secondary N) is 1. The molecule has 1 aromatic heterocycles. The first kappa shape index (κ1) is 17.2. The van der Waals surface area contributed by atoms with E-state index < -0.39 is 23.8 Å². The highest BCUT2D eigenvalue weighted by Gasteiger charge is 2.23. The van der Waals surface area contributed by atoms with Gasteiger partial charge in [0.1, 0.15) is 11.7 Å². The molecule has 7 nitrogen and oxygen atoms in total. The monoisotopic (exact) mass is 359 g/mol. The lowest BCUT2D eigenvalue weighted by Gasteiger charge is -2.16. The Bertz CT molecular complexity index is 554. The zero-order valence-electron chi connectivity index (χ0n) is 11.8. The highest BCUT2D eigenvalue weighted by atomic mass is 79.9. The number of nitrogens with two attached hydrogens (primary N) is 1. The second-order valence-electron chi connectivity index (χ2n) is 4.91. The van der Waals surface area contributed by atoms with Crippen molar-refractivity contribution < 1.29 is 19.5 Å². The van der Waals surface area contributed by atoms with Gasteiger partial charge in [0, 0.05) is 23.1 Å². The Morgan fingerprint density at radius 2 is 2.05 bits per heavy atom. The number of carboxylic acids is 1. The largest absolute Gasteiger partial charge is 0.480 e. The van der Waals surface area contributed by atoms with E-state index in [1.165, 1.54) is 0 Å². The molecule has 2 amide bonds. The number of hydrogen-bond donors (Lipinski definition) is 3. The van der Waals surface area contributed by atoms with Crippen LogP contribution in [-0.2, 0) is 9.59 Å². The third-order valence-electron chi connectivity index (χ3n) is 2.89. The average Bonchev–Trinajstić information content (AvgIpc) is 2.76. The molecule has 21 heavy (non-hydrogen) atoms. The number of nitrogens with zero attached hydrogens (tertiary/aromatic N) is 1. The summed E-state index contributed by atoms with van der Waals surface area (Å²) in [6, 6.07) is 0.507. The first-order chi connectivity index (χ1) is 9.72. The topological polar surface area (TPSA) is 114 Å². The minimum absolute atomic E-state index is 0.0417. The number of carboxylic acid groups (broad SMARTS) is 1. The first-order valence-corrected chi connectivity index (χ1v) is 7.21. The van der Waals surface area contributed by atoms with E-state index in [4.69, 9.17) is 10.8 Å². The average molecular weight is 360 g/mol. The van der Waals surface area contributed by atoms with Crippen LogP contribution in [-0.4, -0.2) is 33.5 Å². The number of rotatable bonds is 7. The van der Waals surface area contributed by atoms with E-state index in [1.807, 2.05) is 13.8 Å². The molecule has 0 aliphatic carbocycles. The molecule has 0 aliphatic heterocycles. The molecule has 1 aromatic rings. The summed E-state index contributed by atoms with van der Waals surface area (Å²) in [7, 11) is 0. The Labute approximate surface area is 130 Å². The van der Waals surface area contributed by atoms with E-state index in [9.17, 15) is 14.4 Å². The van der Waals surface area contributed by atoms with Gasteiger partial charge in [0.05, 0.1) is 0 Å². The van der Waals surface area contributed by atoms with E-state index >= 15 is 0 Å². The van der Waals surface area contributed by atoms with Crippen LogP contribution in [0.1, 0.15) is 43.2 Å². The molecule has 0 radical (unpaired) electrons. The van der Waals surface area contributed by atoms with Crippen molar-refractivity contribution in [3.05, 3.63) is 22.4 Å². The summed E-state index contributed by atoms with van der Waals surface area (Å²) in [6.45, 7) is 3.82. The number of halogens is 1. The molecule has 1 rings (SSSR count). The summed E-state index contributed by atoms with van der Waals surface area (Å²) in [5.41, 5.74) is 5.34. The van der Waals surface area contributed by atoms with Gasteiger partial charge in [-0.2, -0.15) is 0 Å². The standard InChI is InChI=1S/C13H18BrN3O4/c1-7(2)17-6-8(14)5-10(17)12(19)16-9(13(20)21)3-4-11(15)18/h5-7,9H,3-4H2,1-2H3,(H2,15,18)(H,16,19)(H,20,21)/t9-/m1/s1. The van der Waals surface area contributed by atoms with Gasteiger partial charge < -0.3 is 20.7 Å². The van der Waals surface area contributed by atoms with Gasteiger partial charge in [0.15, 0.2) is 0 Å². The number of primary amides is 1. The summed E-state index contributed by atoms with van der Waals surface area (Å²) in [5.74, 6) is -2.32. The van der Waals surface area contributed by atoms with E-state index in [0.717, 1.165) is 4.47 Å². The van der Waals surface area contributed by atoms with Crippen LogP contribution in [0.4, 0.5) is 0 Å². The van der Waals surface area contributed by atoms with Crippen LogP contribution < -0.4 is 11.1 Å². The normalized spacial score (nSPS) is 12.2. The zero-order valence-corrected chi connectivity index (χ0v) is 13.4. The third kappa shape index (κ3) is 4.89. The van der Waals surface area contributed by atoms with Crippen LogP contribution in [0.2, 0.25) is 0 Å². The molecule has 1 atom stereocenters. The molecule has 0 saturated carbocycles. The highest BCUT2D eigenvalue weighted by molar-refractivity contribution is 9.10. The summed E-state index contributed by atoms with van der Waals surface area (Å²) < 4.78 is 2.46. The van der Waals surface area contributed by atoms with Gasteiger partial charge >= 0.3 is 5.97 Å². The van der Waals surface area contributed by atoms with Gasteiger partial charge in [-0.3, -0.25) is 9.59 Å². The number of carbonyl (C=O) groups excluding carboxylic acids is 2. The van der Waals surface area contributed by atoms with Crippen LogP contribution in [0.3, 0.4) is 0 Å². The van der Waals surface area contributed by atoms with Crippen molar-refractivity contribution in [3.8, 4) is 0 Å². The lowest BCUT2D eigenvalue weighted by molar-refractivity contribution is -0.139. The van der Waals surface area contributed by atoms with E-state index in [-0.39, 0.29) is 18.9 Å². The smallest absolute Gasteiger partial charge is 0.326 e. The summed E-state index contributed by atoms with van der Waals surface area (Å²) in [4.78, 5) is 34.1. The number of aromatic nitrogens is 1. The quantitative estimate of drug-likeness (QED) is 0.679. The summed E-state index contributed by atoms with van der Waals surface area (Å²) in [6.07, 6.45) is 1.60. The maximum atomic E-state index is 12.2. The molecule has 8 heteroatoms. The fourth-order valence-electron chi connectivity index (χ4n) is 1.83. The molecular formula is C13H18BrN3O4. The lowest BCUT2D eigenvalue weighted by Crippen LogP contribution is -2.42. The molecule has 4 N–H and O–H groups in total. The Balaban J connectivity index is 2.87. The Kier molecular flexibility index (Phi) is 5.95. The summed E-state index contributed by atoms with van der Waals surface area (Å²) in [5, 5.41) is 11.5. The van der Waals surface area contributed by atoms with Gasteiger partial charge in [-0.05, 0) is 42.3 Å². The van der Waals surface area contributed by atoms with Gasteiger partial charge in [-0.15, -0.1) is 0 Å². The molecule has 0 aromatic carbocycles.